The summed E-state index contributed by atoms with van der Waals surface area (Å²) in [6.45, 7) is 5.45. The first kappa shape index (κ1) is 16.3. The number of aliphatic imine (C=N–C) groups is 1. The molecule has 0 radical (unpaired) electrons. The van der Waals surface area contributed by atoms with Crippen molar-refractivity contribution in [3.05, 3.63) is 59.4 Å². The molecule has 1 aliphatic heterocycles. The second kappa shape index (κ2) is 7.34. The standard InChI is InChI=1S/C19H22FN3O/c1-13(2)24-18-8-5-15(12-17(18)20)11-14-3-6-16(7-4-14)23-19-21-9-10-22-19/h3-8,12-13H,9-11H2,1-2H3,(H2,21,22,23). The number of guanidine groups is 1. The molecule has 0 unspecified atom stereocenters. The second-order valence-corrected chi connectivity index (χ2v) is 6.09. The minimum absolute atomic E-state index is 0.0376. The molecule has 4 nitrogen and oxygen atoms in total. The van der Waals surface area contributed by atoms with Gasteiger partial charge in [0.2, 0.25) is 0 Å². The molecule has 5 heteroatoms. The number of halogens is 1. The Bertz CT molecular complexity index is 726. The number of nitrogens with zero attached hydrogens (tertiary/aromatic N) is 1. The van der Waals surface area contributed by atoms with Crippen molar-refractivity contribution < 1.29 is 9.13 Å². The third-order valence-electron chi connectivity index (χ3n) is 3.66. The highest BCUT2D eigenvalue weighted by Crippen LogP contribution is 2.22. The van der Waals surface area contributed by atoms with E-state index >= 15 is 0 Å². The van der Waals surface area contributed by atoms with Gasteiger partial charge in [-0.05, 0) is 55.7 Å². The monoisotopic (exact) mass is 327 g/mol. The second-order valence-electron chi connectivity index (χ2n) is 6.09. The fraction of sp³-hybridized carbons (Fsp3) is 0.316. The van der Waals surface area contributed by atoms with E-state index in [1.165, 1.54) is 0 Å². The van der Waals surface area contributed by atoms with Gasteiger partial charge in [0.05, 0.1) is 12.6 Å². The molecule has 24 heavy (non-hydrogen) atoms. The number of rotatable bonds is 5. The molecule has 2 aromatic rings. The molecule has 1 heterocycles. The maximum atomic E-state index is 14.0. The van der Waals surface area contributed by atoms with Gasteiger partial charge in [-0.1, -0.05) is 18.2 Å². The molecule has 0 fully saturated rings. The lowest BCUT2D eigenvalue weighted by atomic mass is 10.0. The van der Waals surface area contributed by atoms with E-state index in [9.17, 15) is 4.39 Å². The number of hydrogen-bond acceptors (Lipinski definition) is 4. The van der Waals surface area contributed by atoms with Gasteiger partial charge in [0.15, 0.2) is 17.5 Å². The zero-order valence-corrected chi connectivity index (χ0v) is 14.0. The van der Waals surface area contributed by atoms with Gasteiger partial charge in [-0.2, -0.15) is 0 Å². The molecular weight excluding hydrogens is 305 g/mol. The van der Waals surface area contributed by atoms with Gasteiger partial charge in [-0.15, -0.1) is 0 Å². The van der Waals surface area contributed by atoms with Crippen LogP contribution in [0.1, 0.15) is 25.0 Å². The summed E-state index contributed by atoms with van der Waals surface area (Å²) < 4.78 is 19.5. The Labute approximate surface area is 141 Å². The smallest absolute Gasteiger partial charge is 0.195 e. The van der Waals surface area contributed by atoms with E-state index in [1.54, 1.807) is 12.1 Å². The maximum absolute atomic E-state index is 14.0. The first-order chi connectivity index (χ1) is 11.6. The van der Waals surface area contributed by atoms with Crippen molar-refractivity contribution in [3.8, 4) is 5.75 Å². The van der Waals surface area contributed by atoms with Crippen LogP contribution in [0, 0.1) is 5.82 Å². The minimum atomic E-state index is -0.315. The van der Waals surface area contributed by atoms with Crippen LogP contribution in [0.25, 0.3) is 0 Å². The fourth-order valence-electron chi connectivity index (χ4n) is 2.56. The van der Waals surface area contributed by atoms with Crippen molar-refractivity contribution in [2.45, 2.75) is 26.4 Å². The predicted molar refractivity (Wildman–Crippen MR) is 95.3 cm³/mol. The number of ether oxygens (including phenoxy) is 1. The van der Waals surface area contributed by atoms with Gasteiger partial charge in [0.25, 0.3) is 0 Å². The third kappa shape index (κ3) is 4.25. The normalized spacial score (nSPS) is 13.6. The van der Waals surface area contributed by atoms with Crippen molar-refractivity contribution in [1.29, 1.82) is 0 Å². The lowest BCUT2D eigenvalue weighted by molar-refractivity contribution is 0.231. The van der Waals surface area contributed by atoms with E-state index in [2.05, 4.69) is 15.6 Å². The van der Waals surface area contributed by atoms with Gasteiger partial charge in [-0.25, -0.2) is 4.39 Å². The van der Waals surface area contributed by atoms with Crippen LogP contribution < -0.4 is 15.4 Å². The Kier molecular flexibility index (Phi) is 4.99. The van der Waals surface area contributed by atoms with Crippen LogP contribution in [0.2, 0.25) is 0 Å². The Morgan fingerprint density at radius 3 is 2.54 bits per heavy atom. The Morgan fingerprint density at radius 1 is 1.17 bits per heavy atom. The van der Waals surface area contributed by atoms with Crippen LogP contribution in [-0.2, 0) is 6.42 Å². The molecule has 2 aromatic carbocycles. The number of hydrogen-bond donors (Lipinski definition) is 2. The maximum Gasteiger partial charge on any atom is 0.195 e. The molecule has 0 amide bonds. The molecule has 126 valence electrons. The highest BCUT2D eigenvalue weighted by molar-refractivity contribution is 5.94. The van der Waals surface area contributed by atoms with E-state index < -0.39 is 0 Å². The van der Waals surface area contributed by atoms with Crippen molar-refractivity contribution in [2.24, 2.45) is 4.99 Å². The molecule has 3 rings (SSSR count). The first-order valence-corrected chi connectivity index (χ1v) is 8.19. The number of nitrogens with one attached hydrogen (secondary N) is 2. The average molecular weight is 327 g/mol. The SMILES string of the molecule is CC(C)Oc1ccc(Cc2ccc(NC3=NCCN3)cc2)cc1F. The molecule has 0 aliphatic carbocycles. The highest BCUT2D eigenvalue weighted by Gasteiger charge is 2.08. The van der Waals surface area contributed by atoms with E-state index in [0.717, 1.165) is 35.9 Å². The molecule has 0 atom stereocenters. The van der Waals surface area contributed by atoms with Crippen LogP contribution in [0.4, 0.5) is 10.1 Å². The summed E-state index contributed by atoms with van der Waals surface area (Å²) in [5, 5.41) is 6.40. The summed E-state index contributed by atoms with van der Waals surface area (Å²) in [7, 11) is 0. The summed E-state index contributed by atoms with van der Waals surface area (Å²) >= 11 is 0. The quantitative estimate of drug-likeness (QED) is 0.882. The van der Waals surface area contributed by atoms with Gasteiger partial charge in [0, 0.05) is 12.2 Å². The summed E-state index contributed by atoms with van der Waals surface area (Å²) in [6, 6.07) is 13.2. The van der Waals surface area contributed by atoms with E-state index in [4.69, 9.17) is 4.74 Å². The van der Waals surface area contributed by atoms with Gasteiger partial charge in [-0.3, -0.25) is 4.99 Å². The van der Waals surface area contributed by atoms with Crippen LogP contribution in [0.15, 0.2) is 47.5 Å². The van der Waals surface area contributed by atoms with Crippen molar-refractivity contribution >= 4 is 11.6 Å². The van der Waals surface area contributed by atoms with Crippen molar-refractivity contribution in [3.63, 3.8) is 0 Å². The van der Waals surface area contributed by atoms with Gasteiger partial charge >= 0.3 is 0 Å². The first-order valence-electron chi connectivity index (χ1n) is 8.19. The zero-order chi connectivity index (χ0) is 16.9. The van der Waals surface area contributed by atoms with Crippen LogP contribution in [-0.4, -0.2) is 25.2 Å². The predicted octanol–water partition coefficient (Wildman–Crippen LogP) is 3.57. The minimum Gasteiger partial charge on any atom is -0.488 e. The molecule has 0 aromatic heterocycles. The Morgan fingerprint density at radius 2 is 1.92 bits per heavy atom. The summed E-state index contributed by atoms with van der Waals surface area (Å²) in [4.78, 5) is 4.30. The molecule has 0 saturated carbocycles. The van der Waals surface area contributed by atoms with E-state index in [0.29, 0.717) is 12.2 Å². The molecule has 1 aliphatic rings. The van der Waals surface area contributed by atoms with Crippen molar-refractivity contribution in [1.82, 2.24) is 5.32 Å². The van der Waals surface area contributed by atoms with Gasteiger partial charge < -0.3 is 15.4 Å². The number of anilines is 1. The van der Waals surface area contributed by atoms with Gasteiger partial charge in [0.1, 0.15) is 0 Å². The molecule has 0 saturated heterocycles. The molecule has 0 bridgehead atoms. The largest absolute Gasteiger partial charge is 0.488 e. The summed E-state index contributed by atoms with van der Waals surface area (Å²) in [5.74, 6) is 0.800. The highest BCUT2D eigenvalue weighted by atomic mass is 19.1. The Balaban J connectivity index is 1.64. The van der Waals surface area contributed by atoms with E-state index in [1.807, 2.05) is 44.2 Å². The topological polar surface area (TPSA) is 45.6 Å². The Hall–Kier alpha value is -2.56. The third-order valence-corrected chi connectivity index (χ3v) is 3.66. The van der Waals surface area contributed by atoms with Crippen LogP contribution in [0.5, 0.6) is 5.75 Å². The van der Waals surface area contributed by atoms with Crippen LogP contribution in [0.3, 0.4) is 0 Å². The van der Waals surface area contributed by atoms with Crippen LogP contribution >= 0.6 is 0 Å². The summed E-state index contributed by atoms with van der Waals surface area (Å²) in [6.07, 6.45) is 0.641. The average Bonchev–Trinajstić information content (AvgIpc) is 3.05. The van der Waals surface area contributed by atoms with E-state index in [-0.39, 0.29) is 11.9 Å². The zero-order valence-electron chi connectivity index (χ0n) is 14.0. The lowest BCUT2D eigenvalue weighted by Gasteiger charge is -2.12. The fourth-order valence-corrected chi connectivity index (χ4v) is 2.56. The summed E-state index contributed by atoms with van der Waals surface area (Å²) in [5.41, 5.74) is 3.03. The molecular formula is C19H22FN3O. The lowest BCUT2D eigenvalue weighted by Crippen LogP contribution is -2.26. The molecule has 0 spiro atoms. The van der Waals surface area contributed by atoms with Crippen molar-refractivity contribution in [2.75, 3.05) is 18.4 Å². The molecule has 2 N–H and O–H groups in total. The number of benzene rings is 2.